The maximum Gasteiger partial charge on any atom is 0.264 e. The van der Waals surface area contributed by atoms with Gasteiger partial charge in [0, 0.05) is 12.6 Å². The summed E-state index contributed by atoms with van der Waals surface area (Å²) in [7, 11) is -2.29. The van der Waals surface area contributed by atoms with Crippen molar-refractivity contribution < 1.29 is 13.2 Å². The summed E-state index contributed by atoms with van der Waals surface area (Å²) in [6.07, 6.45) is 0.725. The first-order valence-corrected chi connectivity index (χ1v) is 11.7. The fourth-order valence-corrected chi connectivity index (χ4v) is 4.55. The van der Waals surface area contributed by atoms with E-state index in [1.54, 1.807) is 24.3 Å². The molecule has 0 radical (unpaired) electrons. The third-order valence-corrected chi connectivity index (χ3v) is 7.13. The van der Waals surface area contributed by atoms with Gasteiger partial charge in [-0.25, -0.2) is 8.42 Å². The van der Waals surface area contributed by atoms with E-state index in [9.17, 15) is 13.2 Å². The lowest BCUT2D eigenvalue weighted by Crippen LogP contribution is -2.29. The van der Waals surface area contributed by atoms with Crippen LogP contribution in [0.15, 0.2) is 77.7 Å². The Morgan fingerprint density at radius 3 is 2.10 bits per heavy atom. The van der Waals surface area contributed by atoms with Gasteiger partial charge in [0.1, 0.15) is 0 Å². The predicted octanol–water partition coefficient (Wildman–Crippen LogP) is 5.01. The topological polar surface area (TPSA) is 66.5 Å². The van der Waals surface area contributed by atoms with E-state index in [4.69, 9.17) is 0 Å². The summed E-state index contributed by atoms with van der Waals surface area (Å²) in [6, 6.07) is 21.3. The van der Waals surface area contributed by atoms with E-state index in [1.165, 1.54) is 23.5 Å². The number of anilines is 1. The van der Waals surface area contributed by atoms with E-state index in [-0.39, 0.29) is 16.8 Å². The van der Waals surface area contributed by atoms with Gasteiger partial charge < -0.3 is 5.32 Å². The summed E-state index contributed by atoms with van der Waals surface area (Å²) in [4.78, 5) is 13.0. The number of sulfonamides is 1. The molecule has 3 rings (SSSR count). The molecular weight excluding hydrogens is 408 g/mol. The van der Waals surface area contributed by atoms with Crippen LogP contribution in [0.25, 0.3) is 0 Å². The van der Waals surface area contributed by atoms with Crippen molar-refractivity contribution in [3.05, 3.63) is 95.1 Å². The molecule has 3 aromatic carbocycles. The van der Waals surface area contributed by atoms with Crippen LogP contribution in [0.4, 0.5) is 5.69 Å². The summed E-state index contributed by atoms with van der Waals surface area (Å²) in [5.41, 5.74) is 4.09. The molecule has 1 N–H and O–H groups in total. The third-order valence-electron chi connectivity index (χ3n) is 5.35. The minimum Gasteiger partial charge on any atom is -0.345 e. The maximum atomic E-state index is 13.1. The summed E-state index contributed by atoms with van der Waals surface area (Å²) in [5, 5.41) is 3.02. The molecule has 0 saturated carbocycles. The summed E-state index contributed by atoms with van der Waals surface area (Å²) < 4.78 is 27.5. The van der Waals surface area contributed by atoms with Crippen molar-refractivity contribution in [1.29, 1.82) is 0 Å². The van der Waals surface area contributed by atoms with Crippen molar-refractivity contribution in [3.8, 4) is 0 Å². The Bertz CT molecular complexity index is 1150. The zero-order valence-electron chi connectivity index (χ0n) is 18.3. The highest BCUT2D eigenvalue weighted by Crippen LogP contribution is 2.24. The van der Waals surface area contributed by atoms with Crippen LogP contribution in [0.1, 0.15) is 46.4 Å². The smallest absolute Gasteiger partial charge is 0.264 e. The van der Waals surface area contributed by atoms with Crippen LogP contribution in [0.2, 0.25) is 0 Å². The number of nitrogens with one attached hydrogen (secondary N) is 1. The zero-order valence-corrected chi connectivity index (χ0v) is 19.1. The Labute approximate surface area is 184 Å². The monoisotopic (exact) mass is 436 g/mol. The Balaban J connectivity index is 1.83. The van der Waals surface area contributed by atoms with Gasteiger partial charge in [-0.15, -0.1) is 0 Å². The Hall–Kier alpha value is -3.12. The maximum absolute atomic E-state index is 13.1. The van der Waals surface area contributed by atoms with Crippen molar-refractivity contribution in [2.75, 3.05) is 11.4 Å². The van der Waals surface area contributed by atoms with Gasteiger partial charge in [-0.3, -0.25) is 9.10 Å². The Morgan fingerprint density at radius 1 is 0.935 bits per heavy atom. The van der Waals surface area contributed by atoms with E-state index in [2.05, 4.69) is 5.32 Å². The highest BCUT2D eigenvalue weighted by atomic mass is 32.2. The molecule has 1 atom stereocenters. The molecule has 1 amide bonds. The molecule has 0 aromatic heterocycles. The second-order valence-corrected chi connectivity index (χ2v) is 9.65. The van der Waals surface area contributed by atoms with Crippen LogP contribution < -0.4 is 9.62 Å². The lowest BCUT2D eigenvalue weighted by Gasteiger charge is -2.21. The first-order chi connectivity index (χ1) is 14.7. The number of amides is 1. The molecule has 0 saturated heterocycles. The van der Waals surface area contributed by atoms with Gasteiger partial charge in [0.25, 0.3) is 15.9 Å². The van der Waals surface area contributed by atoms with Gasteiger partial charge in [0.05, 0.1) is 16.6 Å². The van der Waals surface area contributed by atoms with E-state index < -0.39 is 10.0 Å². The third kappa shape index (κ3) is 5.14. The number of aryl methyl sites for hydroxylation is 2. The molecule has 5 nitrogen and oxygen atoms in total. The van der Waals surface area contributed by atoms with E-state index in [0.717, 1.165) is 23.1 Å². The fourth-order valence-electron chi connectivity index (χ4n) is 3.31. The molecule has 0 fully saturated rings. The van der Waals surface area contributed by atoms with Crippen LogP contribution in [0.3, 0.4) is 0 Å². The second-order valence-electron chi connectivity index (χ2n) is 7.68. The second kappa shape index (κ2) is 9.35. The van der Waals surface area contributed by atoms with Crippen molar-refractivity contribution in [3.63, 3.8) is 0 Å². The molecule has 0 spiro atoms. The van der Waals surface area contributed by atoms with Gasteiger partial charge in [-0.05, 0) is 56.2 Å². The van der Waals surface area contributed by atoms with Crippen molar-refractivity contribution in [2.45, 2.75) is 38.1 Å². The lowest BCUT2D eigenvalue weighted by molar-refractivity contribution is 0.0935. The van der Waals surface area contributed by atoms with Crippen LogP contribution in [0.5, 0.6) is 0 Å². The SMILES string of the molecule is CC[C@@H](NC(=O)c1cccc(S(=O)(=O)N(C)c2ccc(C)cc2)c1)c1ccc(C)cc1. The molecule has 0 aliphatic heterocycles. The molecule has 162 valence electrons. The van der Waals surface area contributed by atoms with Crippen molar-refractivity contribution >= 4 is 21.6 Å². The molecule has 0 bridgehead atoms. The highest BCUT2D eigenvalue weighted by molar-refractivity contribution is 7.92. The molecule has 0 aliphatic rings. The quantitative estimate of drug-likeness (QED) is 0.566. The number of nitrogens with zero attached hydrogens (tertiary/aromatic N) is 1. The van der Waals surface area contributed by atoms with Crippen LogP contribution in [0, 0.1) is 13.8 Å². The van der Waals surface area contributed by atoms with Gasteiger partial charge in [-0.2, -0.15) is 0 Å². The largest absolute Gasteiger partial charge is 0.345 e. The number of benzene rings is 3. The first-order valence-electron chi connectivity index (χ1n) is 10.3. The molecule has 0 aliphatic carbocycles. The van der Waals surface area contributed by atoms with Crippen LogP contribution in [-0.2, 0) is 10.0 Å². The van der Waals surface area contributed by atoms with Gasteiger partial charge >= 0.3 is 0 Å². The van der Waals surface area contributed by atoms with Gasteiger partial charge in [-0.1, -0.05) is 60.5 Å². The Kier molecular flexibility index (Phi) is 6.81. The van der Waals surface area contributed by atoms with Gasteiger partial charge in [0.2, 0.25) is 0 Å². The summed E-state index contributed by atoms with van der Waals surface area (Å²) in [5.74, 6) is -0.303. The molecule has 0 unspecified atom stereocenters. The van der Waals surface area contributed by atoms with Crippen LogP contribution in [-0.4, -0.2) is 21.4 Å². The van der Waals surface area contributed by atoms with E-state index in [1.807, 2.05) is 57.2 Å². The van der Waals surface area contributed by atoms with E-state index in [0.29, 0.717) is 11.3 Å². The molecular formula is C25H28N2O3S. The average Bonchev–Trinajstić information content (AvgIpc) is 2.78. The number of rotatable bonds is 7. The highest BCUT2D eigenvalue weighted by Gasteiger charge is 2.23. The number of hydrogen-bond donors (Lipinski definition) is 1. The van der Waals surface area contributed by atoms with E-state index >= 15 is 0 Å². The Morgan fingerprint density at radius 2 is 1.52 bits per heavy atom. The normalized spacial score (nSPS) is 12.3. The minimum atomic E-state index is -3.80. The molecule has 31 heavy (non-hydrogen) atoms. The average molecular weight is 437 g/mol. The first kappa shape index (κ1) is 22.6. The fraction of sp³-hybridized carbons (Fsp3) is 0.240. The predicted molar refractivity (Wildman–Crippen MR) is 125 cm³/mol. The summed E-state index contributed by atoms with van der Waals surface area (Å²) >= 11 is 0. The van der Waals surface area contributed by atoms with Crippen LogP contribution >= 0.6 is 0 Å². The van der Waals surface area contributed by atoms with Crippen molar-refractivity contribution in [1.82, 2.24) is 5.32 Å². The summed E-state index contributed by atoms with van der Waals surface area (Å²) in [6.45, 7) is 5.96. The lowest BCUT2D eigenvalue weighted by atomic mass is 10.0. The van der Waals surface area contributed by atoms with Gasteiger partial charge in [0.15, 0.2) is 0 Å². The number of carbonyl (C=O) groups is 1. The number of carbonyl (C=O) groups excluding carboxylic acids is 1. The molecule has 6 heteroatoms. The zero-order chi connectivity index (χ0) is 22.6. The van der Waals surface area contributed by atoms with Crippen molar-refractivity contribution in [2.24, 2.45) is 0 Å². The molecule has 3 aromatic rings. The minimum absolute atomic E-state index is 0.0756. The standard InChI is InChI=1S/C25H28N2O3S/c1-5-24(20-13-9-18(2)10-14-20)26-25(28)21-7-6-8-23(17-21)31(29,30)27(4)22-15-11-19(3)12-16-22/h6-17,24H,5H2,1-4H3,(H,26,28)/t24-/m1/s1. The molecule has 0 heterocycles. The number of hydrogen-bond acceptors (Lipinski definition) is 3.